The van der Waals surface area contributed by atoms with Gasteiger partial charge >= 0.3 is 0 Å². The zero-order chi connectivity index (χ0) is 9.84. The Labute approximate surface area is 79.4 Å². The quantitative estimate of drug-likeness (QED) is 0.731. The van der Waals surface area contributed by atoms with Crippen LogP contribution in [0.3, 0.4) is 0 Å². The smallest absolute Gasteiger partial charge is 0.0702 e. The molecule has 72 valence electrons. The molecule has 13 heavy (non-hydrogen) atoms. The van der Waals surface area contributed by atoms with Crippen molar-refractivity contribution in [2.24, 2.45) is 5.73 Å². The summed E-state index contributed by atoms with van der Waals surface area (Å²) in [5.41, 5.74) is 9.02. The maximum Gasteiger partial charge on any atom is 0.0702 e. The Kier molecular flexibility index (Phi) is 3.46. The number of aryl methyl sites for hydroxylation is 2. The summed E-state index contributed by atoms with van der Waals surface area (Å²) in [6.45, 7) is 4.45. The lowest BCUT2D eigenvalue weighted by Gasteiger charge is -2.10. The number of hydrogen-bond acceptors (Lipinski definition) is 2. The van der Waals surface area contributed by atoms with Crippen molar-refractivity contribution in [1.82, 2.24) is 0 Å². The lowest BCUT2D eigenvalue weighted by Crippen LogP contribution is -2.22. The summed E-state index contributed by atoms with van der Waals surface area (Å²) < 4.78 is 0. The monoisotopic (exact) mass is 179 g/mol. The molecule has 1 unspecified atom stereocenters. The molecular formula is C11H17NO. The van der Waals surface area contributed by atoms with Crippen molar-refractivity contribution in [3.05, 3.63) is 34.9 Å². The molecule has 1 atom stereocenters. The minimum absolute atomic E-state index is 0.327. The molecule has 1 aromatic carbocycles. The zero-order valence-corrected chi connectivity index (χ0v) is 8.25. The highest BCUT2D eigenvalue weighted by molar-refractivity contribution is 5.30. The van der Waals surface area contributed by atoms with E-state index in [4.69, 9.17) is 5.73 Å². The lowest BCUT2D eigenvalue weighted by atomic mass is 10.0. The molecule has 1 aromatic rings. The van der Waals surface area contributed by atoms with Gasteiger partial charge in [-0.1, -0.05) is 23.8 Å². The Morgan fingerprint density at radius 3 is 2.62 bits per heavy atom. The van der Waals surface area contributed by atoms with Gasteiger partial charge in [0.15, 0.2) is 0 Å². The van der Waals surface area contributed by atoms with E-state index in [9.17, 15) is 5.11 Å². The van der Waals surface area contributed by atoms with Crippen molar-refractivity contribution in [2.45, 2.75) is 26.4 Å². The van der Waals surface area contributed by atoms with Gasteiger partial charge in [-0.15, -0.1) is 0 Å². The highest BCUT2D eigenvalue weighted by Gasteiger charge is 2.04. The van der Waals surface area contributed by atoms with E-state index in [-0.39, 0.29) is 0 Å². The van der Waals surface area contributed by atoms with E-state index < -0.39 is 6.10 Å². The highest BCUT2D eigenvalue weighted by Crippen LogP contribution is 2.12. The maximum absolute atomic E-state index is 9.38. The first-order chi connectivity index (χ1) is 6.13. The molecule has 3 N–H and O–H groups in total. The van der Waals surface area contributed by atoms with Crippen LogP contribution in [0.2, 0.25) is 0 Å². The van der Waals surface area contributed by atoms with E-state index in [1.165, 1.54) is 16.7 Å². The summed E-state index contributed by atoms with van der Waals surface area (Å²) in [6.07, 6.45) is 0.240. The molecule has 0 heterocycles. The third kappa shape index (κ3) is 2.83. The van der Waals surface area contributed by atoms with Crippen LogP contribution in [0.25, 0.3) is 0 Å². The van der Waals surface area contributed by atoms with Gasteiger partial charge in [-0.2, -0.15) is 0 Å². The molecular weight excluding hydrogens is 162 g/mol. The van der Waals surface area contributed by atoms with Gasteiger partial charge in [0.05, 0.1) is 6.10 Å². The number of nitrogens with two attached hydrogens (primary N) is 1. The van der Waals surface area contributed by atoms with Crippen molar-refractivity contribution in [3.8, 4) is 0 Å². The van der Waals surface area contributed by atoms with Gasteiger partial charge < -0.3 is 10.8 Å². The fraction of sp³-hybridized carbons (Fsp3) is 0.455. The first kappa shape index (κ1) is 10.2. The molecule has 0 amide bonds. The fourth-order valence-electron chi connectivity index (χ4n) is 1.41. The Balaban J connectivity index is 2.77. The van der Waals surface area contributed by atoms with Gasteiger partial charge in [-0.3, -0.25) is 0 Å². The number of benzene rings is 1. The van der Waals surface area contributed by atoms with Crippen LogP contribution < -0.4 is 5.73 Å². The van der Waals surface area contributed by atoms with Crippen LogP contribution in [-0.4, -0.2) is 17.8 Å². The number of aliphatic hydroxyl groups excluding tert-OH is 1. The molecule has 0 spiro atoms. The normalized spacial score (nSPS) is 12.9. The molecule has 0 aromatic heterocycles. The molecule has 0 aliphatic rings. The van der Waals surface area contributed by atoms with E-state index in [1.54, 1.807) is 0 Å². The SMILES string of the molecule is Cc1ccc(CC(O)CN)c(C)c1. The van der Waals surface area contributed by atoms with E-state index in [0.29, 0.717) is 13.0 Å². The second kappa shape index (κ2) is 4.40. The largest absolute Gasteiger partial charge is 0.391 e. The van der Waals surface area contributed by atoms with Crippen LogP contribution in [0, 0.1) is 13.8 Å². The van der Waals surface area contributed by atoms with Gasteiger partial charge in [-0.25, -0.2) is 0 Å². The zero-order valence-electron chi connectivity index (χ0n) is 8.25. The van der Waals surface area contributed by atoms with Crippen molar-refractivity contribution >= 4 is 0 Å². The standard InChI is InChI=1S/C11H17NO/c1-8-3-4-10(9(2)5-8)6-11(13)7-12/h3-5,11,13H,6-7,12H2,1-2H3. The summed E-state index contributed by atoms with van der Waals surface area (Å²) in [4.78, 5) is 0. The Morgan fingerprint density at radius 1 is 1.38 bits per heavy atom. The van der Waals surface area contributed by atoms with Crippen LogP contribution in [-0.2, 0) is 6.42 Å². The predicted molar refractivity (Wildman–Crippen MR) is 54.7 cm³/mol. The van der Waals surface area contributed by atoms with E-state index in [2.05, 4.69) is 32.0 Å². The van der Waals surface area contributed by atoms with Crippen molar-refractivity contribution in [2.75, 3.05) is 6.54 Å². The topological polar surface area (TPSA) is 46.2 Å². The van der Waals surface area contributed by atoms with Crippen LogP contribution in [0.5, 0.6) is 0 Å². The molecule has 0 radical (unpaired) electrons. The maximum atomic E-state index is 9.38. The summed E-state index contributed by atoms with van der Waals surface area (Å²) in [5, 5.41) is 9.38. The minimum atomic E-state index is -0.415. The van der Waals surface area contributed by atoms with Crippen LogP contribution in [0.1, 0.15) is 16.7 Å². The highest BCUT2D eigenvalue weighted by atomic mass is 16.3. The minimum Gasteiger partial charge on any atom is -0.391 e. The summed E-state index contributed by atoms with van der Waals surface area (Å²) in [6, 6.07) is 6.24. The number of hydrogen-bond donors (Lipinski definition) is 2. The summed E-state index contributed by atoms with van der Waals surface area (Å²) >= 11 is 0. The molecule has 0 saturated carbocycles. The first-order valence-corrected chi connectivity index (χ1v) is 4.57. The van der Waals surface area contributed by atoms with Crippen LogP contribution in [0.4, 0.5) is 0 Å². The van der Waals surface area contributed by atoms with Crippen molar-refractivity contribution < 1.29 is 5.11 Å². The molecule has 0 aliphatic heterocycles. The third-order valence-electron chi connectivity index (χ3n) is 2.23. The average molecular weight is 179 g/mol. The molecule has 0 aliphatic carbocycles. The number of aliphatic hydroxyl groups is 1. The van der Waals surface area contributed by atoms with E-state index >= 15 is 0 Å². The summed E-state index contributed by atoms with van der Waals surface area (Å²) in [7, 11) is 0. The van der Waals surface area contributed by atoms with Gasteiger partial charge in [0.1, 0.15) is 0 Å². The first-order valence-electron chi connectivity index (χ1n) is 4.57. The van der Waals surface area contributed by atoms with Gasteiger partial charge in [0.25, 0.3) is 0 Å². The van der Waals surface area contributed by atoms with Crippen molar-refractivity contribution in [3.63, 3.8) is 0 Å². The number of rotatable bonds is 3. The molecule has 0 saturated heterocycles. The molecule has 0 bridgehead atoms. The van der Waals surface area contributed by atoms with Gasteiger partial charge in [0.2, 0.25) is 0 Å². The predicted octanol–water partition coefficient (Wildman–Crippen LogP) is 1.17. The van der Waals surface area contributed by atoms with Gasteiger partial charge in [0, 0.05) is 6.54 Å². The second-order valence-corrected chi connectivity index (χ2v) is 3.52. The van der Waals surface area contributed by atoms with E-state index in [0.717, 1.165) is 0 Å². The van der Waals surface area contributed by atoms with Crippen LogP contribution in [0.15, 0.2) is 18.2 Å². The molecule has 0 fully saturated rings. The second-order valence-electron chi connectivity index (χ2n) is 3.52. The molecule has 1 rings (SSSR count). The lowest BCUT2D eigenvalue weighted by molar-refractivity contribution is 0.183. The third-order valence-corrected chi connectivity index (χ3v) is 2.23. The van der Waals surface area contributed by atoms with E-state index in [1.807, 2.05) is 0 Å². The van der Waals surface area contributed by atoms with Crippen LogP contribution >= 0.6 is 0 Å². The Hall–Kier alpha value is -0.860. The summed E-state index contributed by atoms with van der Waals surface area (Å²) in [5.74, 6) is 0. The van der Waals surface area contributed by atoms with Gasteiger partial charge in [-0.05, 0) is 31.4 Å². The van der Waals surface area contributed by atoms with Crippen molar-refractivity contribution in [1.29, 1.82) is 0 Å². The Bertz CT molecular complexity index is 283. The molecule has 2 heteroatoms. The molecule has 2 nitrogen and oxygen atoms in total. The Morgan fingerprint density at radius 2 is 2.08 bits per heavy atom. The fourth-order valence-corrected chi connectivity index (χ4v) is 1.41. The average Bonchev–Trinajstić information content (AvgIpc) is 2.09.